The Morgan fingerprint density at radius 3 is 2.05 bits per heavy atom. The van der Waals surface area contributed by atoms with Gasteiger partial charge in [-0.2, -0.15) is 26.3 Å². The average molecular weight is 333 g/mol. The van der Waals surface area contributed by atoms with Gasteiger partial charge in [0, 0.05) is 0 Å². The van der Waals surface area contributed by atoms with Gasteiger partial charge in [0.05, 0.1) is 5.56 Å². The molecule has 0 heterocycles. The number of carbonyl (C=O) groups excluding carboxylic acids is 1. The molecule has 0 spiro atoms. The molecule has 1 aromatic carbocycles. The van der Waals surface area contributed by atoms with Crippen molar-refractivity contribution >= 4 is 11.9 Å². The van der Waals surface area contributed by atoms with Crippen LogP contribution in [0.3, 0.4) is 0 Å². The number of aliphatic carboxylic acids is 1. The van der Waals surface area contributed by atoms with Crippen LogP contribution in [0, 0.1) is 5.82 Å². The number of carboxylic acids is 1. The van der Waals surface area contributed by atoms with Gasteiger partial charge in [-0.15, -0.1) is 0 Å². The summed E-state index contributed by atoms with van der Waals surface area (Å²) in [5, 5.41) is 9.76. The number of alkyl halides is 6. The predicted octanol–water partition coefficient (Wildman–Crippen LogP) is 2.65. The molecule has 0 radical (unpaired) electrons. The lowest BCUT2D eigenvalue weighted by molar-refractivity contribution is -0.175. The van der Waals surface area contributed by atoms with Crippen molar-refractivity contribution in [1.82, 2.24) is 5.32 Å². The van der Waals surface area contributed by atoms with E-state index < -0.39 is 47.2 Å². The molecule has 1 aromatic rings. The third-order valence-electron chi connectivity index (χ3n) is 2.41. The Morgan fingerprint density at radius 2 is 1.64 bits per heavy atom. The summed E-state index contributed by atoms with van der Waals surface area (Å²) in [6.07, 6.45) is -10.6. The van der Waals surface area contributed by atoms with Crippen molar-refractivity contribution in [1.29, 1.82) is 0 Å². The number of nitrogens with one attached hydrogen (secondary N) is 1. The van der Waals surface area contributed by atoms with Crippen LogP contribution in [0.2, 0.25) is 0 Å². The molecule has 0 saturated carbocycles. The minimum atomic E-state index is -5.43. The zero-order chi connectivity index (χ0) is 17.3. The van der Waals surface area contributed by atoms with Gasteiger partial charge in [-0.1, -0.05) is 6.07 Å². The monoisotopic (exact) mass is 333 g/mol. The maximum atomic E-state index is 13.0. The van der Waals surface area contributed by atoms with Gasteiger partial charge in [-0.25, -0.2) is 9.18 Å². The van der Waals surface area contributed by atoms with Crippen molar-refractivity contribution in [2.24, 2.45) is 0 Å². The first-order valence-electron chi connectivity index (χ1n) is 5.31. The second-order valence-corrected chi connectivity index (χ2v) is 3.98. The number of halogens is 7. The summed E-state index contributed by atoms with van der Waals surface area (Å²) in [4.78, 5) is 21.6. The fourth-order valence-corrected chi connectivity index (χ4v) is 1.44. The van der Waals surface area contributed by atoms with Crippen LogP contribution < -0.4 is 5.32 Å². The Bertz CT molecular complexity index is 594. The maximum absolute atomic E-state index is 13.0. The highest BCUT2D eigenvalue weighted by Gasteiger charge is 2.42. The van der Waals surface area contributed by atoms with Crippen molar-refractivity contribution in [3.05, 3.63) is 35.1 Å². The normalized spacial score (nSPS) is 13.6. The molecule has 2 N–H and O–H groups in total. The first-order valence-corrected chi connectivity index (χ1v) is 5.31. The Labute approximate surface area is 117 Å². The van der Waals surface area contributed by atoms with Gasteiger partial charge in [-0.3, -0.25) is 4.79 Å². The molecule has 0 aliphatic carbocycles. The van der Waals surface area contributed by atoms with Crippen LogP contribution in [-0.4, -0.2) is 23.2 Å². The van der Waals surface area contributed by atoms with Gasteiger partial charge in [0.1, 0.15) is 5.82 Å². The summed E-state index contributed by atoms with van der Waals surface area (Å²) in [5.74, 6) is -6.43. The number of benzene rings is 1. The molecule has 11 heteroatoms. The van der Waals surface area contributed by atoms with Crippen LogP contribution in [0.1, 0.15) is 17.2 Å². The molecule has 0 aromatic heterocycles. The number of carboxylic acid groups (broad SMARTS) is 1. The molecule has 0 bridgehead atoms. The maximum Gasteiger partial charge on any atom is 0.471 e. The molecule has 4 nitrogen and oxygen atoms in total. The Kier molecular flexibility index (Phi) is 4.68. The molecule has 1 atom stereocenters. The second kappa shape index (κ2) is 5.81. The SMILES string of the molecule is O=C(O)C(NC(=O)C(F)(F)F)c1ccc(F)c(C(F)(F)F)c1. The summed E-state index contributed by atoms with van der Waals surface area (Å²) >= 11 is 0. The van der Waals surface area contributed by atoms with E-state index in [9.17, 15) is 40.3 Å². The third-order valence-corrected chi connectivity index (χ3v) is 2.41. The Balaban J connectivity index is 3.24. The molecule has 0 aliphatic rings. The fourth-order valence-electron chi connectivity index (χ4n) is 1.44. The first-order chi connectivity index (χ1) is 9.84. The predicted molar refractivity (Wildman–Crippen MR) is 56.0 cm³/mol. The van der Waals surface area contributed by atoms with E-state index in [1.54, 1.807) is 0 Å². The third kappa shape index (κ3) is 4.09. The van der Waals surface area contributed by atoms with Crippen molar-refractivity contribution in [2.45, 2.75) is 18.4 Å². The van der Waals surface area contributed by atoms with Gasteiger partial charge >= 0.3 is 24.2 Å². The lowest BCUT2D eigenvalue weighted by atomic mass is 10.0. The molecule has 1 unspecified atom stereocenters. The smallest absolute Gasteiger partial charge is 0.471 e. The number of rotatable bonds is 3. The summed E-state index contributed by atoms with van der Waals surface area (Å²) in [7, 11) is 0. The van der Waals surface area contributed by atoms with Crippen molar-refractivity contribution in [3.63, 3.8) is 0 Å². The van der Waals surface area contributed by atoms with Gasteiger partial charge in [0.25, 0.3) is 0 Å². The molecule has 0 saturated heterocycles. The van der Waals surface area contributed by atoms with Crippen LogP contribution in [0.5, 0.6) is 0 Å². The van der Waals surface area contributed by atoms with Crippen molar-refractivity contribution in [2.75, 3.05) is 0 Å². The van der Waals surface area contributed by atoms with E-state index in [4.69, 9.17) is 5.11 Å². The molecule has 1 rings (SSSR count). The fraction of sp³-hybridized carbons (Fsp3) is 0.273. The molecule has 22 heavy (non-hydrogen) atoms. The van der Waals surface area contributed by atoms with E-state index in [0.29, 0.717) is 6.07 Å². The van der Waals surface area contributed by atoms with Gasteiger partial charge in [-0.05, 0) is 17.7 Å². The zero-order valence-corrected chi connectivity index (χ0v) is 10.2. The molecule has 122 valence electrons. The van der Waals surface area contributed by atoms with E-state index in [0.717, 1.165) is 5.32 Å². The summed E-state index contributed by atoms with van der Waals surface area (Å²) < 4.78 is 86.7. The van der Waals surface area contributed by atoms with Crippen molar-refractivity contribution < 1.29 is 45.4 Å². The van der Waals surface area contributed by atoms with Crippen LogP contribution in [-0.2, 0) is 15.8 Å². The Hall–Kier alpha value is -2.33. The first kappa shape index (κ1) is 17.7. The highest BCUT2D eigenvalue weighted by Crippen LogP contribution is 2.33. The van der Waals surface area contributed by atoms with E-state index in [1.165, 1.54) is 0 Å². The topological polar surface area (TPSA) is 66.4 Å². The average Bonchev–Trinajstić information content (AvgIpc) is 2.33. The molecular weight excluding hydrogens is 327 g/mol. The number of hydrogen-bond donors (Lipinski definition) is 2. The highest BCUT2D eigenvalue weighted by molar-refractivity contribution is 5.87. The van der Waals surface area contributed by atoms with Crippen LogP contribution in [0.15, 0.2) is 18.2 Å². The number of carbonyl (C=O) groups is 2. The van der Waals surface area contributed by atoms with Gasteiger partial charge < -0.3 is 10.4 Å². The van der Waals surface area contributed by atoms with Crippen LogP contribution in [0.25, 0.3) is 0 Å². The summed E-state index contributed by atoms with van der Waals surface area (Å²) in [6, 6.07) is -1.63. The molecule has 0 fully saturated rings. The quantitative estimate of drug-likeness (QED) is 0.836. The minimum Gasteiger partial charge on any atom is -0.479 e. The van der Waals surface area contributed by atoms with Crippen LogP contribution >= 0.6 is 0 Å². The number of amides is 1. The minimum absolute atomic E-state index is 0.0186. The summed E-state index contributed by atoms with van der Waals surface area (Å²) in [6.45, 7) is 0. The lowest BCUT2D eigenvalue weighted by Gasteiger charge is -2.17. The zero-order valence-electron chi connectivity index (χ0n) is 10.2. The molecule has 1 amide bonds. The lowest BCUT2D eigenvalue weighted by Crippen LogP contribution is -2.42. The number of hydrogen-bond acceptors (Lipinski definition) is 2. The highest BCUT2D eigenvalue weighted by atomic mass is 19.4. The van der Waals surface area contributed by atoms with E-state index in [-0.39, 0.29) is 12.1 Å². The van der Waals surface area contributed by atoms with E-state index in [2.05, 4.69) is 0 Å². The van der Waals surface area contributed by atoms with Gasteiger partial charge in [0.2, 0.25) is 0 Å². The summed E-state index contributed by atoms with van der Waals surface area (Å²) in [5.41, 5.74) is -2.73. The second-order valence-electron chi connectivity index (χ2n) is 3.98. The van der Waals surface area contributed by atoms with Crippen LogP contribution in [0.4, 0.5) is 30.7 Å². The van der Waals surface area contributed by atoms with Crippen molar-refractivity contribution in [3.8, 4) is 0 Å². The van der Waals surface area contributed by atoms with Gasteiger partial charge in [0.15, 0.2) is 6.04 Å². The molecule has 0 aliphatic heterocycles. The standard InChI is InChI=1S/C11H6F7NO3/c12-6-2-1-4(3-5(6)10(13,14)15)7(8(20)21)19-9(22)11(16,17)18/h1-3,7H,(H,19,22)(H,20,21). The largest absolute Gasteiger partial charge is 0.479 e. The van der Waals surface area contributed by atoms with E-state index >= 15 is 0 Å². The Morgan fingerprint density at radius 1 is 1.09 bits per heavy atom. The molecular formula is C11H6F7NO3. The van der Waals surface area contributed by atoms with E-state index in [1.807, 2.05) is 0 Å².